The van der Waals surface area contributed by atoms with E-state index in [1.165, 1.54) is 6.07 Å². The maximum Gasteiger partial charge on any atom is 1.00 e. The summed E-state index contributed by atoms with van der Waals surface area (Å²) in [6.07, 6.45) is -0.301. The second-order valence-electron chi connectivity index (χ2n) is 4.46. The molecular weight excluding hydrogens is 323 g/mol. The number of urea groups is 1. The van der Waals surface area contributed by atoms with Crippen LogP contribution in [-0.4, -0.2) is 29.7 Å². The minimum atomic E-state index is -0.801. The molecule has 0 atom stereocenters. The molecule has 1 aromatic carbocycles. The van der Waals surface area contributed by atoms with Crippen LogP contribution in [0.25, 0.3) is 27.1 Å². The number of hydrogen-bond donors (Lipinski definition) is 0. The van der Waals surface area contributed by atoms with E-state index in [0.717, 1.165) is 5.01 Å². The predicted molar refractivity (Wildman–Crippen MR) is 81.0 cm³/mol. The van der Waals surface area contributed by atoms with Crippen molar-refractivity contribution in [3.63, 3.8) is 0 Å². The predicted octanol–water partition coefficient (Wildman–Crippen LogP) is 0.562. The molecule has 1 fully saturated rings. The first-order chi connectivity index (χ1) is 11.6. The summed E-state index contributed by atoms with van der Waals surface area (Å²) in [6.45, 7) is -0.282. The van der Waals surface area contributed by atoms with Crippen LogP contribution in [0, 0.1) is 0 Å². The van der Waals surface area contributed by atoms with Gasteiger partial charge < -0.3 is 14.7 Å². The van der Waals surface area contributed by atoms with Gasteiger partial charge in [-0.1, -0.05) is 29.4 Å². The minimum Gasteiger partial charge on any atom is -0.455 e. The monoisotopic (exact) mass is 334 g/mol. The number of imide groups is 1. The van der Waals surface area contributed by atoms with Gasteiger partial charge in [-0.25, -0.2) is 0 Å². The third kappa shape index (κ3) is 4.03. The molecule has 2 aromatic rings. The summed E-state index contributed by atoms with van der Waals surface area (Å²) in [5, 5.41) is 11.2. The molecule has 0 N–H and O–H groups in total. The Balaban J connectivity index is 0.00000225. The zero-order valence-electron chi connectivity index (χ0n) is 13.6. The van der Waals surface area contributed by atoms with Crippen LogP contribution in [0.3, 0.4) is 0 Å². The van der Waals surface area contributed by atoms with Crippen LogP contribution >= 0.6 is 0 Å². The quantitative estimate of drug-likeness (QED) is 0.202. The first kappa shape index (κ1) is 16.3. The van der Waals surface area contributed by atoms with Crippen LogP contribution in [0.1, 0.15) is 7.13 Å². The molecular formula is C14H9N6NaO3. The van der Waals surface area contributed by atoms with Gasteiger partial charge in [-0.3, -0.25) is 14.7 Å². The Kier molecular flexibility index (Phi) is 5.29. The smallest absolute Gasteiger partial charge is 0.455 e. The number of azide groups is 1. The molecule has 2 heterocycles. The van der Waals surface area contributed by atoms with E-state index in [1.54, 1.807) is 30.3 Å². The molecule has 0 radical (unpaired) electrons. The number of hydrazone groups is 1. The fourth-order valence-electron chi connectivity index (χ4n) is 1.88. The number of carbonyl (C=O) groups is 2. The molecule has 1 aliphatic heterocycles. The SMILES string of the molecule is [3H]/C(=N\N1CC(=O)[N-]C1=O)c1ccc(-c2ccc(N=[N+]=[N-])cc2)o1.[Na+]. The largest absolute Gasteiger partial charge is 1.00 e. The van der Waals surface area contributed by atoms with Gasteiger partial charge in [0.15, 0.2) is 11.9 Å². The molecule has 114 valence electrons. The number of amides is 3. The Morgan fingerprint density at radius 1 is 1.29 bits per heavy atom. The van der Waals surface area contributed by atoms with Crippen molar-refractivity contribution in [2.75, 3.05) is 6.54 Å². The van der Waals surface area contributed by atoms with E-state index < -0.39 is 11.9 Å². The fraction of sp³-hybridized carbons (Fsp3) is 0.0714. The van der Waals surface area contributed by atoms with Crippen LogP contribution in [0.2, 0.25) is 0 Å². The Morgan fingerprint density at radius 2 is 2.04 bits per heavy atom. The second-order valence-corrected chi connectivity index (χ2v) is 4.46. The Bertz CT molecular complexity index is 888. The van der Waals surface area contributed by atoms with Crippen molar-refractivity contribution in [3.8, 4) is 11.3 Å². The van der Waals surface area contributed by atoms with Gasteiger partial charge in [-0.05, 0) is 17.7 Å². The van der Waals surface area contributed by atoms with Crippen molar-refractivity contribution in [2.24, 2.45) is 10.2 Å². The maximum absolute atomic E-state index is 11.3. The van der Waals surface area contributed by atoms with Crippen LogP contribution < -0.4 is 29.6 Å². The second kappa shape index (κ2) is 7.80. The van der Waals surface area contributed by atoms with Gasteiger partial charge in [-0.2, -0.15) is 0 Å². The molecule has 3 rings (SSSR count). The van der Waals surface area contributed by atoms with Gasteiger partial charge in [0.1, 0.15) is 11.5 Å². The third-order valence-electron chi connectivity index (χ3n) is 2.93. The average Bonchev–Trinajstić information content (AvgIpc) is 3.16. The summed E-state index contributed by atoms with van der Waals surface area (Å²) in [5.74, 6) is 0.0130. The Labute approximate surface area is 159 Å². The van der Waals surface area contributed by atoms with Gasteiger partial charge >= 0.3 is 29.6 Å². The first-order valence-corrected chi connectivity index (χ1v) is 6.44. The van der Waals surface area contributed by atoms with E-state index in [9.17, 15) is 9.59 Å². The third-order valence-corrected chi connectivity index (χ3v) is 2.93. The molecule has 1 aliphatic rings. The maximum atomic E-state index is 11.3. The Hall–Kier alpha value is -2.58. The molecule has 0 saturated carbocycles. The van der Waals surface area contributed by atoms with Crippen molar-refractivity contribution in [1.29, 1.82) is 0 Å². The summed E-state index contributed by atoms with van der Waals surface area (Å²) in [7, 11) is 0. The fourth-order valence-corrected chi connectivity index (χ4v) is 1.88. The van der Waals surface area contributed by atoms with Crippen molar-refractivity contribution in [1.82, 2.24) is 5.01 Å². The molecule has 1 saturated heterocycles. The number of benzene rings is 1. The number of hydrogen-bond acceptors (Lipinski definition) is 5. The van der Waals surface area contributed by atoms with Crippen LogP contribution in [0.4, 0.5) is 10.5 Å². The standard InChI is InChI=1S/C14H10N6O3.Na/c15-19-18-10-3-1-9(2-4-10)12-6-5-11(23-12)7-16-20-8-13(21)17-14(20)22;/h1-7H,8H2,(H,17,21,22);/q;+1/p-1/b16-7+;/i7T;. The van der Waals surface area contributed by atoms with E-state index in [4.69, 9.17) is 11.3 Å². The van der Waals surface area contributed by atoms with Crippen LogP contribution in [0.5, 0.6) is 0 Å². The van der Waals surface area contributed by atoms with Gasteiger partial charge in [0.25, 0.3) is 0 Å². The van der Waals surface area contributed by atoms with Gasteiger partial charge in [0, 0.05) is 22.7 Å². The van der Waals surface area contributed by atoms with Gasteiger partial charge in [-0.15, -0.1) is 0 Å². The van der Waals surface area contributed by atoms with E-state index >= 15 is 0 Å². The molecule has 9 nitrogen and oxygen atoms in total. The topological polar surface area (TPSA) is 126 Å². The van der Waals surface area contributed by atoms with Crippen LogP contribution in [0.15, 0.2) is 51.0 Å². The molecule has 1 aromatic heterocycles. The number of furan rings is 1. The summed E-state index contributed by atoms with van der Waals surface area (Å²) < 4.78 is 13.4. The summed E-state index contributed by atoms with van der Waals surface area (Å²) in [4.78, 5) is 25.1. The molecule has 10 heteroatoms. The van der Waals surface area contributed by atoms with Crippen molar-refractivity contribution in [2.45, 2.75) is 0 Å². The van der Waals surface area contributed by atoms with Crippen molar-refractivity contribution in [3.05, 3.63) is 57.9 Å². The molecule has 0 bridgehead atoms. The zero-order valence-corrected chi connectivity index (χ0v) is 14.6. The summed E-state index contributed by atoms with van der Waals surface area (Å²) in [6, 6.07) is 9.03. The van der Waals surface area contributed by atoms with E-state index in [0.29, 0.717) is 17.0 Å². The summed E-state index contributed by atoms with van der Waals surface area (Å²) in [5.41, 5.74) is 9.56. The van der Waals surface area contributed by atoms with Crippen molar-refractivity contribution < 1.29 is 44.9 Å². The zero-order chi connectivity index (χ0) is 17.1. The number of carbonyl (C=O) groups excluding carboxylic acids is 2. The van der Waals surface area contributed by atoms with E-state index in [2.05, 4.69) is 20.4 Å². The molecule has 0 aliphatic carbocycles. The van der Waals surface area contributed by atoms with Gasteiger partial charge in [0.05, 0.1) is 7.56 Å². The van der Waals surface area contributed by atoms with Gasteiger partial charge in [0.2, 0.25) is 0 Å². The molecule has 0 unspecified atom stereocenters. The normalized spacial score (nSPS) is 14.6. The minimum absolute atomic E-state index is 0. The van der Waals surface area contributed by atoms with E-state index in [1.807, 2.05) is 0 Å². The summed E-state index contributed by atoms with van der Waals surface area (Å²) >= 11 is 0. The Morgan fingerprint density at radius 3 is 2.67 bits per heavy atom. The molecule has 24 heavy (non-hydrogen) atoms. The molecule has 0 spiro atoms. The van der Waals surface area contributed by atoms with Crippen molar-refractivity contribution >= 4 is 23.8 Å². The molecule has 3 amide bonds. The number of nitrogens with zero attached hydrogens (tertiary/aromatic N) is 6. The average molecular weight is 334 g/mol. The first-order valence-electron chi connectivity index (χ1n) is 6.94. The van der Waals surface area contributed by atoms with E-state index in [-0.39, 0.29) is 48.1 Å². The van der Waals surface area contributed by atoms with Crippen LogP contribution in [-0.2, 0) is 4.79 Å². The number of rotatable bonds is 4.